The van der Waals surface area contributed by atoms with Crippen LogP contribution in [0.25, 0.3) is 10.9 Å². The maximum absolute atomic E-state index is 5.26. The van der Waals surface area contributed by atoms with E-state index in [9.17, 15) is 0 Å². The summed E-state index contributed by atoms with van der Waals surface area (Å²) >= 11 is 3.55. The summed E-state index contributed by atoms with van der Waals surface area (Å²) in [5.74, 6) is 0.877. The van der Waals surface area contributed by atoms with Gasteiger partial charge in [0.1, 0.15) is 5.75 Å². The number of fused-ring (bicyclic) bond motifs is 1. The van der Waals surface area contributed by atoms with E-state index in [0.717, 1.165) is 11.3 Å². The fourth-order valence-corrected chi connectivity index (χ4v) is 4.71. The molecule has 1 aromatic heterocycles. The van der Waals surface area contributed by atoms with Gasteiger partial charge in [0.25, 0.3) is 0 Å². The Morgan fingerprint density at radius 1 is 0.720 bits per heavy atom. The molecule has 0 aliphatic heterocycles. The molecule has 0 fully saturated rings. The van der Waals surface area contributed by atoms with Crippen molar-refractivity contribution in [2.75, 3.05) is 7.11 Å². The molecule has 0 saturated heterocycles. The Morgan fingerprint density at radius 3 is 2.16 bits per heavy atom. The molecule has 4 rings (SSSR count). The minimum absolute atomic E-state index is 0.877. The predicted octanol–water partition coefficient (Wildman–Crippen LogP) is 6.48. The highest BCUT2D eigenvalue weighted by Gasteiger charge is 2.14. The summed E-state index contributed by atoms with van der Waals surface area (Å²) in [6.07, 6.45) is 0. The number of nitrogens with one attached hydrogen (secondary N) is 1. The van der Waals surface area contributed by atoms with Crippen molar-refractivity contribution in [3.63, 3.8) is 0 Å². The third-order valence-corrected chi connectivity index (χ3v) is 6.15. The van der Waals surface area contributed by atoms with E-state index < -0.39 is 0 Å². The van der Waals surface area contributed by atoms with Crippen LogP contribution >= 0.6 is 23.5 Å². The molecule has 3 aromatic carbocycles. The number of H-pyrrole nitrogens is 1. The number of para-hydroxylation sites is 1. The first-order valence-electron chi connectivity index (χ1n) is 7.99. The summed E-state index contributed by atoms with van der Waals surface area (Å²) < 4.78 is 5.26. The van der Waals surface area contributed by atoms with Gasteiger partial charge in [-0.05, 0) is 42.5 Å². The molecule has 0 saturated carbocycles. The number of aromatic nitrogens is 1. The summed E-state index contributed by atoms with van der Waals surface area (Å²) in [7, 11) is 1.69. The number of methoxy groups -OCH3 is 1. The first-order valence-corrected chi connectivity index (χ1v) is 9.62. The molecule has 0 radical (unpaired) electrons. The fourth-order valence-electron chi connectivity index (χ4n) is 2.63. The van der Waals surface area contributed by atoms with Crippen LogP contribution in [-0.2, 0) is 0 Å². The number of hydrogen-bond donors (Lipinski definition) is 1. The summed E-state index contributed by atoms with van der Waals surface area (Å²) in [6, 6.07) is 27.1. The maximum atomic E-state index is 5.26. The smallest absolute Gasteiger partial charge is 0.118 e. The normalized spacial score (nSPS) is 10.9. The summed E-state index contributed by atoms with van der Waals surface area (Å²) in [4.78, 5) is 7.25. The maximum Gasteiger partial charge on any atom is 0.118 e. The monoisotopic (exact) mass is 363 g/mol. The highest BCUT2D eigenvalue weighted by Crippen LogP contribution is 2.43. The lowest BCUT2D eigenvalue weighted by molar-refractivity contribution is 0.414. The second-order valence-corrected chi connectivity index (χ2v) is 7.69. The van der Waals surface area contributed by atoms with E-state index in [0.29, 0.717) is 0 Å². The number of rotatable bonds is 5. The van der Waals surface area contributed by atoms with E-state index in [1.165, 1.54) is 25.1 Å². The van der Waals surface area contributed by atoms with E-state index in [1.54, 1.807) is 30.6 Å². The predicted molar refractivity (Wildman–Crippen MR) is 106 cm³/mol. The van der Waals surface area contributed by atoms with Crippen molar-refractivity contribution in [3.05, 3.63) is 78.9 Å². The largest absolute Gasteiger partial charge is 0.497 e. The highest BCUT2D eigenvalue weighted by molar-refractivity contribution is 8.02. The van der Waals surface area contributed by atoms with Gasteiger partial charge in [-0.1, -0.05) is 59.9 Å². The summed E-state index contributed by atoms with van der Waals surface area (Å²) in [5.41, 5.74) is 1.16. The van der Waals surface area contributed by atoms with Gasteiger partial charge >= 0.3 is 0 Å². The molecule has 0 aliphatic rings. The number of aromatic amines is 1. The molecular formula is C21H17NOS2. The molecule has 0 spiro atoms. The topological polar surface area (TPSA) is 25.0 Å². The van der Waals surface area contributed by atoms with Gasteiger partial charge in [0.2, 0.25) is 0 Å². The Bertz CT molecular complexity index is 978. The van der Waals surface area contributed by atoms with Crippen LogP contribution in [0.1, 0.15) is 0 Å². The molecule has 4 aromatic rings. The summed E-state index contributed by atoms with van der Waals surface area (Å²) in [5, 5.41) is 2.43. The van der Waals surface area contributed by atoms with Crippen LogP contribution in [0, 0.1) is 0 Å². The van der Waals surface area contributed by atoms with Gasteiger partial charge in [0.15, 0.2) is 0 Å². The van der Waals surface area contributed by atoms with Crippen LogP contribution < -0.4 is 4.74 Å². The molecule has 0 atom stereocenters. The lowest BCUT2D eigenvalue weighted by atomic mass is 10.2. The third kappa shape index (κ3) is 3.55. The van der Waals surface area contributed by atoms with Crippen LogP contribution in [0.2, 0.25) is 0 Å². The number of ether oxygens (including phenoxy) is 1. The van der Waals surface area contributed by atoms with Crippen molar-refractivity contribution < 1.29 is 4.74 Å². The highest BCUT2D eigenvalue weighted by atomic mass is 32.2. The standard InChI is InChI=1S/C21H17NOS2/c1-23-15-11-13-17(14-12-15)24-20-18-9-5-6-10-19(18)22-21(20)25-16-7-3-2-4-8-16/h2-14,22H,1H3. The van der Waals surface area contributed by atoms with E-state index in [1.807, 2.05) is 18.2 Å². The van der Waals surface area contributed by atoms with Crippen molar-refractivity contribution in [2.24, 2.45) is 0 Å². The quantitative estimate of drug-likeness (QED) is 0.439. The van der Waals surface area contributed by atoms with Crippen molar-refractivity contribution in [1.82, 2.24) is 4.98 Å². The lowest BCUT2D eigenvalue weighted by Crippen LogP contribution is -1.82. The molecule has 4 heteroatoms. The molecule has 0 unspecified atom stereocenters. The van der Waals surface area contributed by atoms with Crippen LogP contribution in [0.4, 0.5) is 0 Å². The van der Waals surface area contributed by atoms with E-state index in [2.05, 4.69) is 65.6 Å². The molecule has 25 heavy (non-hydrogen) atoms. The van der Waals surface area contributed by atoms with E-state index in [4.69, 9.17) is 4.74 Å². The lowest BCUT2D eigenvalue weighted by Gasteiger charge is -2.06. The van der Waals surface area contributed by atoms with E-state index in [-0.39, 0.29) is 0 Å². The van der Waals surface area contributed by atoms with Crippen LogP contribution in [0.5, 0.6) is 5.75 Å². The van der Waals surface area contributed by atoms with Gasteiger partial charge in [-0.2, -0.15) is 0 Å². The zero-order valence-corrected chi connectivity index (χ0v) is 15.4. The Labute approximate surface area is 155 Å². The molecule has 2 nitrogen and oxygen atoms in total. The first-order chi connectivity index (χ1) is 12.3. The second kappa shape index (κ2) is 7.30. The Balaban J connectivity index is 1.73. The van der Waals surface area contributed by atoms with Crippen LogP contribution in [0.3, 0.4) is 0 Å². The number of hydrogen-bond acceptors (Lipinski definition) is 3. The van der Waals surface area contributed by atoms with Crippen molar-refractivity contribution in [3.8, 4) is 5.75 Å². The second-order valence-electron chi connectivity index (χ2n) is 5.52. The van der Waals surface area contributed by atoms with Gasteiger partial charge < -0.3 is 9.72 Å². The average Bonchev–Trinajstić information content (AvgIpc) is 3.00. The Morgan fingerprint density at radius 2 is 1.40 bits per heavy atom. The van der Waals surface area contributed by atoms with Gasteiger partial charge in [-0.15, -0.1) is 0 Å². The minimum Gasteiger partial charge on any atom is -0.497 e. The van der Waals surface area contributed by atoms with Gasteiger partial charge in [0, 0.05) is 20.7 Å². The van der Waals surface area contributed by atoms with Gasteiger partial charge in [0.05, 0.1) is 17.0 Å². The molecule has 0 amide bonds. The fraction of sp³-hybridized carbons (Fsp3) is 0.0476. The van der Waals surface area contributed by atoms with Gasteiger partial charge in [-0.25, -0.2) is 0 Å². The number of benzene rings is 3. The minimum atomic E-state index is 0.877. The summed E-state index contributed by atoms with van der Waals surface area (Å²) in [6.45, 7) is 0. The molecule has 124 valence electrons. The molecule has 1 N–H and O–H groups in total. The molecule has 0 aliphatic carbocycles. The SMILES string of the molecule is COc1ccc(Sc2c(Sc3ccccc3)[nH]c3ccccc23)cc1. The molecular weight excluding hydrogens is 346 g/mol. The Hall–Kier alpha value is -2.30. The zero-order valence-electron chi connectivity index (χ0n) is 13.7. The third-order valence-electron chi connectivity index (χ3n) is 3.87. The molecule has 1 heterocycles. The van der Waals surface area contributed by atoms with Gasteiger partial charge in [-0.3, -0.25) is 0 Å². The van der Waals surface area contributed by atoms with Crippen LogP contribution in [-0.4, -0.2) is 12.1 Å². The van der Waals surface area contributed by atoms with Crippen LogP contribution in [0.15, 0.2) is 98.6 Å². The van der Waals surface area contributed by atoms with E-state index >= 15 is 0 Å². The zero-order chi connectivity index (χ0) is 17.1. The Kier molecular flexibility index (Phi) is 4.72. The molecule has 0 bridgehead atoms. The van der Waals surface area contributed by atoms with Crippen molar-refractivity contribution >= 4 is 34.4 Å². The first kappa shape index (κ1) is 16.2. The van der Waals surface area contributed by atoms with Crippen molar-refractivity contribution in [1.29, 1.82) is 0 Å². The van der Waals surface area contributed by atoms with Crippen molar-refractivity contribution in [2.45, 2.75) is 19.7 Å². The average molecular weight is 364 g/mol.